The van der Waals surface area contributed by atoms with E-state index in [-0.39, 0.29) is 12.2 Å². The lowest BCUT2D eigenvalue weighted by Gasteiger charge is -2.40. The van der Waals surface area contributed by atoms with Gasteiger partial charge < -0.3 is 14.9 Å². The molecule has 1 spiro atoms. The highest BCUT2D eigenvalue weighted by atomic mass is 16.6. The lowest BCUT2D eigenvalue weighted by molar-refractivity contribution is -0.209. The highest BCUT2D eigenvalue weighted by molar-refractivity contribution is 5.40. The van der Waals surface area contributed by atoms with Crippen LogP contribution in [0.15, 0.2) is 22.8 Å². The number of hydrogen-bond donors (Lipinski definition) is 2. The molecule has 2 aliphatic heterocycles. The normalized spacial score (nSPS) is 49.1. The van der Waals surface area contributed by atoms with Crippen LogP contribution in [0.2, 0.25) is 0 Å². The standard InChI is InChI=1S/C15H22O3/c1-9-6-15(17)13(10(2)8-16)7-14(18-15)11(3)4-5-12(9)14/h6,11-12,16-17H,4-5,7-8H2,1-3H3. The van der Waals surface area contributed by atoms with Crippen molar-refractivity contribution in [2.75, 3.05) is 6.61 Å². The van der Waals surface area contributed by atoms with Crippen molar-refractivity contribution in [2.24, 2.45) is 11.8 Å². The monoisotopic (exact) mass is 250 g/mol. The van der Waals surface area contributed by atoms with Crippen LogP contribution in [-0.2, 0) is 4.74 Å². The Kier molecular flexibility index (Phi) is 2.54. The minimum atomic E-state index is -1.27. The summed E-state index contributed by atoms with van der Waals surface area (Å²) in [5, 5.41) is 20.1. The molecule has 18 heavy (non-hydrogen) atoms. The molecule has 0 aromatic heterocycles. The van der Waals surface area contributed by atoms with Crippen LogP contribution in [0, 0.1) is 11.8 Å². The molecule has 100 valence electrons. The van der Waals surface area contributed by atoms with Crippen LogP contribution in [0.25, 0.3) is 0 Å². The Balaban J connectivity index is 2.15. The summed E-state index contributed by atoms with van der Waals surface area (Å²) < 4.78 is 6.12. The third-order valence-corrected chi connectivity index (χ3v) is 5.27. The van der Waals surface area contributed by atoms with Crippen molar-refractivity contribution in [3.8, 4) is 0 Å². The van der Waals surface area contributed by atoms with Crippen molar-refractivity contribution < 1.29 is 14.9 Å². The van der Waals surface area contributed by atoms with Crippen LogP contribution < -0.4 is 0 Å². The number of aliphatic hydroxyl groups excluding tert-OH is 1. The van der Waals surface area contributed by atoms with E-state index in [4.69, 9.17) is 4.74 Å². The fourth-order valence-corrected chi connectivity index (χ4v) is 4.20. The lowest BCUT2D eigenvalue weighted by Crippen LogP contribution is -2.45. The second-order valence-corrected chi connectivity index (χ2v) is 6.27. The van der Waals surface area contributed by atoms with Crippen molar-refractivity contribution in [2.45, 2.75) is 51.4 Å². The molecular formula is C15H22O3. The van der Waals surface area contributed by atoms with E-state index in [9.17, 15) is 10.2 Å². The minimum absolute atomic E-state index is 0.0109. The molecule has 0 aromatic rings. The molecular weight excluding hydrogens is 228 g/mol. The van der Waals surface area contributed by atoms with Crippen molar-refractivity contribution in [3.63, 3.8) is 0 Å². The third kappa shape index (κ3) is 1.35. The summed E-state index contributed by atoms with van der Waals surface area (Å²) in [6.07, 6.45) is 4.91. The molecule has 3 aliphatic rings. The Hall–Kier alpha value is -0.640. The smallest absolute Gasteiger partial charge is 0.209 e. The van der Waals surface area contributed by atoms with Crippen molar-refractivity contribution in [1.29, 1.82) is 0 Å². The summed E-state index contributed by atoms with van der Waals surface area (Å²) in [4.78, 5) is 0. The molecule has 1 aliphatic carbocycles. The molecule has 2 bridgehead atoms. The van der Waals surface area contributed by atoms with Gasteiger partial charge in [0.1, 0.15) is 0 Å². The maximum Gasteiger partial charge on any atom is 0.209 e. The maximum atomic E-state index is 10.7. The molecule has 2 N–H and O–H groups in total. The van der Waals surface area contributed by atoms with Crippen LogP contribution in [-0.4, -0.2) is 28.2 Å². The van der Waals surface area contributed by atoms with Gasteiger partial charge in [-0.3, -0.25) is 0 Å². The molecule has 0 aromatic carbocycles. The maximum absolute atomic E-state index is 10.7. The number of aliphatic hydroxyl groups is 2. The number of fused-ring (bicyclic) bond motifs is 1. The Bertz CT molecular complexity index is 451. The van der Waals surface area contributed by atoms with Gasteiger partial charge in [-0.1, -0.05) is 12.5 Å². The zero-order chi connectivity index (χ0) is 13.1. The van der Waals surface area contributed by atoms with Gasteiger partial charge in [0.2, 0.25) is 5.79 Å². The quantitative estimate of drug-likeness (QED) is 0.701. The summed E-state index contributed by atoms with van der Waals surface area (Å²) >= 11 is 0. The molecule has 4 atom stereocenters. The van der Waals surface area contributed by atoms with Gasteiger partial charge in [0.05, 0.1) is 12.2 Å². The minimum Gasteiger partial charge on any atom is -0.392 e. The fourth-order valence-electron chi connectivity index (χ4n) is 4.20. The van der Waals surface area contributed by atoms with Crippen molar-refractivity contribution >= 4 is 0 Å². The average Bonchev–Trinajstić information content (AvgIpc) is 2.76. The molecule has 2 heterocycles. The average molecular weight is 250 g/mol. The molecule has 3 rings (SSSR count). The van der Waals surface area contributed by atoms with Gasteiger partial charge in [-0.2, -0.15) is 0 Å². The van der Waals surface area contributed by atoms with Gasteiger partial charge in [0.15, 0.2) is 0 Å². The van der Waals surface area contributed by atoms with Gasteiger partial charge >= 0.3 is 0 Å². The first-order chi connectivity index (χ1) is 8.43. The lowest BCUT2D eigenvalue weighted by atomic mass is 9.79. The third-order valence-electron chi connectivity index (χ3n) is 5.27. The first-order valence-electron chi connectivity index (χ1n) is 6.85. The van der Waals surface area contributed by atoms with Gasteiger partial charge in [-0.15, -0.1) is 0 Å². The molecule has 0 amide bonds. The van der Waals surface area contributed by atoms with Gasteiger partial charge in [-0.25, -0.2) is 0 Å². The molecule has 2 fully saturated rings. The number of hydrogen-bond acceptors (Lipinski definition) is 3. The summed E-state index contributed by atoms with van der Waals surface area (Å²) in [6.45, 7) is 6.19. The highest BCUT2D eigenvalue weighted by Gasteiger charge is 2.62. The van der Waals surface area contributed by atoms with E-state index in [0.717, 1.165) is 30.4 Å². The van der Waals surface area contributed by atoms with E-state index in [0.29, 0.717) is 11.8 Å². The fraction of sp³-hybridized carbons (Fsp3) is 0.733. The Morgan fingerprint density at radius 1 is 1.50 bits per heavy atom. The molecule has 3 nitrogen and oxygen atoms in total. The van der Waals surface area contributed by atoms with Gasteiger partial charge in [0, 0.05) is 12.3 Å². The van der Waals surface area contributed by atoms with E-state index in [2.05, 4.69) is 13.8 Å². The van der Waals surface area contributed by atoms with E-state index >= 15 is 0 Å². The Morgan fingerprint density at radius 2 is 2.22 bits per heavy atom. The highest BCUT2D eigenvalue weighted by Crippen LogP contribution is 2.61. The van der Waals surface area contributed by atoms with Crippen LogP contribution in [0.3, 0.4) is 0 Å². The van der Waals surface area contributed by atoms with Crippen LogP contribution in [0.4, 0.5) is 0 Å². The topological polar surface area (TPSA) is 49.7 Å². The molecule has 0 radical (unpaired) electrons. The SMILES string of the molecule is CC1=CC2(O)OC3(CC2=C(C)CO)C(C)CCC13. The summed E-state index contributed by atoms with van der Waals surface area (Å²) in [5.74, 6) is -0.384. The Labute approximate surface area is 108 Å². The van der Waals surface area contributed by atoms with Crippen LogP contribution in [0.1, 0.15) is 40.0 Å². The van der Waals surface area contributed by atoms with Gasteiger partial charge in [0.25, 0.3) is 0 Å². The zero-order valence-electron chi connectivity index (χ0n) is 11.4. The van der Waals surface area contributed by atoms with E-state index < -0.39 is 5.79 Å². The van der Waals surface area contributed by atoms with Crippen molar-refractivity contribution in [1.82, 2.24) is 0 Å². The zero-order valence-corrected chi connectivity index (χ0v) is 11.4. The van der Waals surface area contributed by atoms with E-state index in [1.54, 1.807) is 0 Å². The van der Waals surface area contributed by atoms with Crippen molar-refractivity contribution in [3.05, 3.63) is 22.8 Å². The molecule has 1 saturated heterocycles. The first-order valence-corrected chi connectivity index (χ1v) is 6.85. The van der Waals surface area contributed by atoms with E-state index in [1.807, 2.05) is 13.0 Å². The molecule has 1 saturated carbocycles. The number of ether oxygens (including phenoxy) is 1. The summed E-state index contributed by atoms with van der Waals surface area (Å²) in [7, 11) is 0. The van der Waals surface area contributed by atoms with Gasteiger partial charge in [-0.05, 0) is 49.8 Å². The summed E-state index contributed by atoms with van der Waals surface area (Å²) in [5.41, 5.74) is 2.73. The number of rotatable bonds is 1. The largest absolute Gasteiger partial charge is 0.392 e. The second kappa shape index (κ2) is 3.69. The molecule has 3 heteroatoms. The van der Waals surface area contributed by atoms with Crippen LogP contribution >= 0.6 is 0 Å². The predicted octanol–water partition coefficient (Wildman–Crippen LogP) is 2.15. The summed E-state index contributed by atoms with van der Waals surface area (Å²) in [6, 6.07) is 0. The molecule has 4 unspecified atom stereocenters. The predicted molar refractivity (Wildman–Crippen MR) is 68.8 cm³/mol. The van der Waals surface area contributed by atoms with E-state index in [1.165, 1.54) is 5.57 Å². The van der Waals surface area contributed by atoms with Crippen LogP contribution in [0.5, 0.6) is 0 Å². The Morgan fingerprint density at radius 3 is 2.89 bits per heavy atom. The first kappa shape index (κ1) is 12.4. The second-order valence-electron chi connectivity index (χ2n) is 6.27.